The lowest BCUT2D eigenvalue weighted by molar-refractivity contribution is -0.141. The summed E-state index contributed by atoms with van der Waals surface area (Å²) in [5, 5.41) is 7.71. The van der Waals surface area contributed by atoms with Gasteiger partial charge in [-0.25, -0.2) is 14.1 Å². The number of carbonyl (C=O) groups is 1. The number of esters is 1. The predicted molar refractivity (Wildman–Crippen MR) is 77.1 cm³/mol. The highest BCUT2D eigenvalue weighted by Crippen LogP contribution is 2.08. The molecule has 0 saturated heterocycles. The van der Waals surface area contributed by atoms with Gasteiger partial charge in [0, 0.05) is 0 Å². The standard InChI is InChI=1S/C14H12FN5O3/c1-23-11(21)7-19-8-16-13-12(14(19)22)17-18-20(13)6-9-2-4-10(15)5-3-9/h2-5,8H,6-7H2,1H3. The summed E-state index contributed by atoms with van der Waals surface area (Å²) in [5.41, 5.74) is 0.656. The van der Waals surface area contributed by atoms with Crippen LogP contribution in [0.5, 0.6) is 0 Å². The average molecular weight is 317 g/mol. The van der Waals surface area contributed by atoms with E-state index in [1.54, 1.807) is 12.1 Å². The van der Waals surface area contributed by atoms with Gasteiger partial charge in [-0.15, -0.1) is 5.10 Å². The van der Waals surface area contributed by atoms with E-state index in [2.05, 4.69) is 20.0 Å². The molecule has 0 aliphatic heterocycles. The van der Waals surface area contributed by atoms with Crippen molar-refractivity contribution in [3.05, 3.63) is 52.3 Å². The number of nitrogens with zero attached hydrogens (tertiary/aromatic N) is 5. The van der Waals surface area contributed by atoms with Crippen molar-refractivity contribution in [1.29, 1.82) is 0 Å². The Labute approximate surface area is 129 Å². The first-order chi connectivity index (χ1) is 11.1. The van der Waals surface area contributed by atoms with Crippen LogP contribution in [0.25, 0.3) is 11.2 Å². The van der Waals surface area contributed by atoms with Crippen LogP contribution in [-0.4, -0.2) is 37.6 Å². The number of hydrogen-bond acceptors (Lipinski definition) is 6. The second-order valence-electron chi connectivity index (χ2n) is 4.80. The van der Waals surface area contributed by atoms with E-state index >= 15 is 0 Å². The van der Waals surface area contributed by atoms with Crippen molar-refractivity contribution in [2.75, 3.05) is 7.11 Å². The van der Waals surface area contributed by atoms with Gasteiger partial charge in [0.05, 0.1) is 13.7 Å². The normalized spacial score (nSPS) is 10.9. The van der Waals surface area contributed by atoms with Crippen molar-refractivity contribution in [2.24, 2.45) is 0 Å². The summed E-state index contributed by atoms with van der Waals surface area (Å²) < 4.78 is 20.0. The van der Waals surface area contributed by atoms with Crippen LogP contribution in [0, 0.1) is 5.82 Å². The lowest BCUT2D eigenvalue weighted by Gasteiger charge is -2.04. The largest absolute Gasteiger partial charge is 0.468 e. The van der Waals surface area contributed by atoms with Crippen molar-refractivity contribution in [1.82, 2.24) is 24.5 Å². The molecular weight excluding hydrogens is 305 g/mol. The molecule has 118 valence electrons. The Morgan fingerprint density at radius 3 is 2.74 bits per heavy atom. The van der Waals surface area contributed by atoms with Gasteiger partial charge in [0.2, 0.25) is 0 Å². The van der Waals surface area contributed by atoms with Gasteiger partial charge in [-0.1, -0.05) is 17.3 Å². The van der Waals surface area contributed by atoms with Gasteiger partial charge >= 0.3 is 5.97 Å². The Balaban J connectivity index is 1.95. The fourth-order valence-corrected chi connectivity index (χ4v) is 2.07. The van der Waals surface area contributed by atoms with E-state index in [-0.39, 0.29) is 17.9 Å². The molecule has 0 atom stereocenters. The van der Waals surface area contributed by atoms with Crippen LogP contribution >= 0.6 is 0 Å². The molecule has 1 aromatic carbocycles. The number of carbonyl (C=O) groups excluding carboxylic acids is 1. The zero-order chi connectivity index (χ0) is 16.4. The van der Waals surface area contributed by atoms with Crippen molar-refractivity contribution >= 4 is 17.1 Å². The van der Waals surface area contributed by atoms with E-state index in [4.69, 9.17) is 0 Å². The summed E-state index contributed by atoms with van der Waals surface area (Å²) >= 11 is 0. The van der Waals surface area contributed by atoms with Crippen molar-refractivity contribution in [2.45, 2.75) is 13.1 Å². The molecule has 0 spiro atoms. The fourth-order valence-electron chi connectivity index (χ4n) is 2.07. The first kappa shape index (κ1) is 14.8. The zero-order valence-corrected chi connectivity index (χ0v) is 12.1. The topological polar surface area (TPSA) is 91.9 Å². The quantitative estimate of drug-likeness (QED) is 0.645. The second kappa shape index (κ2) is 5.95. The maximum absolute atomic E-state index is 12.9. The molecule has 2 aromatic heterocycles. The second-order valence-corrected chi connectivity index (χ2v) is 4.80. The molecule has 0 bridgehead atoms. The Hall–Kier alpha value is -3.10. The molecule has 0 unspecified atom stereocenters. The Morgan fingerprint density at radius 1 is 1.30 bits per heavy atom. The monoisotopic (exact) mass is 317 g/mol. The first-order valence-electron chi connectivity index (χ1n) is 6.68. The molecule has 2 heterocycles. The smallest absolute Gasteiger partial charge is 0.325 e. The first-order valence-corrected chi connectivity index (χ1v) is 6.68. The van der Waals surface area contributed by atoms with Crippen molar-refractivity contribution < 1.29 is 13.9 Å². The number of ether oxygens (including phenoxy) is 1. The molecule has 23 heavy (non-hydrogen) atoms. The molecule has 3 rings (SSSR count). The van der Waals surface area contributed by atoms with Gasteiger partial charge < -0.3 is 4.74 Å². The summed E-state index contributed by atoms with van der Waals surface area (Å²) in [6.45, 7) is 0.0489. The molecule has 0 aliphatic carbocycles. The minimum atomic E-state index is -0.563. The molecule has 0 aliphatic rings. The number of halogens is 1. The summed E-state index contributed by atoms with van der Waals surface area (Å²) in [6.07, 6.45) is 1.24. The minimum Gasteiger partial charge on any atom is -0.468 e. The lowest BCUT2D eigenvalue weighted by Crippen LogP contribution is -2.25. The van der Waals surface area contributed by atoms with Crippen LogP contribution in [0.15, 0.2) is 35.4 Å². The van der Waals surface area contributed by atoms with Crippen LogP contribution in [0.4, 0.5) is 4.39 Å². The highest BCUT2D eigenvalue weighted by molar-refractivity contribution is 5.71. The fraction of sp³-hybridized carbons (Fsp3) is 0.214. The number of benzene rings is 1. The van der Waals surface area contributed by atoms with Crippen LogP contribution < -0.4 is 5.56 Å². The Morgan fingerprint density at radius 2 is 2.04 bits per heavy atom. The minimum absolute atomic E-state index is 0.0542. The molecular formula is C14H12FN5O3. The van der Waals surface area contributed by atoms with E-state index in [9.17, 15) is 14.0 Å². The molecule has 0 saturated carbocycles. The van der Waals surface area contributed by atoms with Gasteiger partial charge in [-0.2, -0.15) is 0 Å². The molecule has 8 nitrogen and oxygen atoms in total. The molecule has 0 radical (unpaired) electrons. The highest BCUT2D eigenvalue weighted by atomic mass is 19.1. The number of rotatable bonds is 4. The summed E-state index contributed by atoms with van der Waals surface area (Å²) in [5.74, 6) is -0.895. The SMILES string of the molecule is COC(=O)Cn1cnc2c(nnn2Cc2ccc(F)cc2)c1=O. The maximum atomic E-state index is 12.9. The molecule has 0 N–H and O–H groups in total. The average Bonchev–Trinajstić information content (AvgIpc) is 2.96. The number of aromatic nitrogens is 5. The summed E-state index contributed by atoms with van der Waals surface area (Å²) in [4.78, 5) is 27.6. The van der Waals surface area contributed by atoms with Gasteiger partial charge in [0.25, 0.3) is 5.56 Å². The van der Waals surface area contributed by atoms with Gasteiger partial charge in [-0.05, 0) is 17.7 Å². The van der Waals surface area contributed by atoms with E-state index in [0.29, 0.717) is 12.2 Å². The zero-order valence-electron chi connectivity index (χ0n) is 12.1. The Bertz CT molecular complexity index is 916. The molecule has 0 fully saturated rings. The third-order valence-electron chi connectivity index (χ3n) is 3.26. The third kappa shape index (κ3) is 2.93. The maximum Gasteiger partial charge on any atom is 0.325 e. The number of fused-ring (bicyclic) bond motifs is 1. The number of methoxy groups -OCH3 is 1. The van der Waals surface area contributed by atoms with Crippen LogP contribution in [-0.2, 0) is 22.6 Å². The molecule has 0 amide bonds. The van der Waals surface area contributed by atoms with Gasteiger partial charge in [-0.3, -0.25) is 14.2 Å². The van der Waals surface area contributed by atoms with Gasteiger partial charge in [0.15, 0.2) is 11.2 Å². The van der Waals surface area contributed by atoms with E-state index < -0.39 is 11.5 Å². The third-order valence-corrected chi connectivity index (χ3v) is 3.26. The van der Waals surface area contributed by atoms with E-state index in [0.717, 1.165) is 10.1 Å². The Kier molecular flexibility index (Phi) is 3.83. The van der Waals surface area contributed by atoms with Crippen molar-refractivity contribution in [3.63, 3.8) is 0 Å². The van der Waals surface area contributed by atoms with Gasteiger partial charge in [0.1, 0.15) is 18.7 Å². The predicted octanol–water partition coefficient (Wildman–Crippen LogP) is 0.348. The van der Waals surface area contributed by atoms with E-state index in [1.807, 2.05) is 0 Å². The summed E-state index contributed by atoms with van der Waals surface area (Å²) in [7, 11) is 1.23. The van der Waals surface area contributed by atoms with E-state index in [1.165, 1.54) is 30.3 Å². The van der Waals surface area contributed by atoms with Crippen LogP contribution in [0.3, 0.4) is 0 Å². The molecule has 3 aromatic rings. The van der Waals surface area contributed by atoms with Crippen LogP contribution in [0.2, 0.25) is 0 Å². The van der Waals surface area contributed by atoms with Crippen LogP contribution in [0.1, 0.15) is 5.56 Å². The number of hydrogen-bond donors (Lipinski definition) is 0. The summed E-state index contributed by atoms with van der Waals surface area (Å²) in [6, 6.07) is 5.90. The van der Waals surface area contributed by atoms with Crippen molar-refractivity contribution in [3.8, 4) is 0 Å². The lowest BCUT2D eigenvalue weighted by atomic mass is 10.2. The molecule has 9 heteroatoms. The highest BCUT2D eigenvalue weighted by Gasteiger charge is 2.14.